The van der Waals surface area contributed by atoms with Gasteiger partial charge in [-0.05, 0) is 70.0 Å². The first-order chi connectivity index (χ1) is 13.8. The maximum absolute atomic E-state index is 6.13. The van der Waals surface area contributed by atoms with E-state index in [0.717, 1.165) is 20.0 Å². The van der Waals surface area contributed by atoms with Crippen molar-refractivity contribution in [1.29, 1.82) is 0 Å². The Morgan fingerprint density at radius 2 is 1.31 bits per heavy atom. The molecule has 4 aromatic rings. The van der Waals surface area contributed by atoms with Crippen molar-refractivity contribution in [3.8, 4) is 5.88 Å². The molecular formula is C19H13Br2Cl3N4O. The van der Waals surface area contributed by atoms with Crippen LogP contribution in [0, 0.1) is 0 Å². The maximum Gasteiger partial charge on any atom is 0.233 e. The fourth-order valence-corrected chi connectivity index (χ4v) is 3.48. The Morgan fingerprint density at radius 3 is 1.86 bits per heavy atom. The molecule has 0 unspecified atom stereocenters. The molecule has 5 nitrogen and oxygen atoms in total. The summed E-state index contributed by atoms with van der Waals surface area (Å²) in [5.74, 6) is 0.488. The van der Waals surface area contributed by atoms with Crippen molar-refractivity contribution < 1.29 is 4.74 Å². The number of ether oxygens (including phenoxy) is 1. The van der Waals surface area contributed by atoms with Gasteiger partial charge in [0.1, 0.15) is 16.2 Å². The average Bonchev–Trinajstić information content (AvgIpc) is 2.68. The molecule has 0 N–H and O–H groups in total. The third-order valence-corrected chi connectivity index (χ3v) is 6.24. The highest BCUT2D eigenvalue weighted by Crippen LogP contribution is 2.30. The van der Waals surface area contributed by atoms with Crippen molar-refractivity contribution in [3.63, 3.8) is 0 Å². The Bertz CT molecular complexity index is 1190. The summed E-state index contributed by atoms with van der Waals surface area (Å²) in [7, 11) is 0. The Morgan fingerprint density at radius 1 is 0.793 bits per heavy atom. The zero-order chi connectivity index (χ0) is 21.1. The maximum atomic E-state index is 6.13. The molecular weight excluding hydrogens is 566 g/mol. The molecule has 0 saturated carbocycles. The quantitative estimate of drug-likeness (QED) is 0.246. The van der Waals surface area contributed by atoms with E-state index in [1.807, 2.05) is 38.1 Å². The van der Waals surface area contributed by atoms with Gasteiger partial charge in [0.05, 0.1) is 39.6 Å². The van der Waals surface area contributed by atoms with Crippen LogP contribution in [0.2, 0.25) is 15.2 Å². The second-order valence-electron chi connectivity index (χ2n) is 6.03. The second kappa shape index (κ2) is 9.71. The molecule has 0 amide bonds. The molecule has 2 heterocycles. The van der Waals surface area contributed by atoms with Gasteiger partial charge in [-0.1, -0.05) is 34.8 Å². The van der Waals surface area contributed by atoms with E-state index in [-0.39, 0.29) is 6.10 Å². The van der Waals surface area contributed by atoms with Crippen LogP contribution in [0.3, 0.4) is 0 Å². The van der Waals surface area contributed by atoms with Crippen LogP contribution in [0.15, 0.2) is 45.6 Å². The van der Waals surface area contributed by atoms with Crippen LogP contribution >= 0.6 is 66.7 Å². The Kier molecular flexibility index (Phi) is 7.51. The van der Waals surface area contributed by atoms with Crippen molar-refractivity contribution >= 4 is 88.7 Å². The van der Waals surface area contributed by atoms with Gasteiger partial charge >= 0.3 is 0 Å². The fraction of sp³-hybridized carbons (Fsp3) is 0.158. The highest BCUT2D eigenvalue weighted by molar-refractivity contribution is 9.10. The van der Waals surface area contributed by atoms with Gasteiger partial charge in [-0.15, -0.1) is 0 Å². The minimum atomic E-state index is 0.0673. The van der Waals surface area contributed by atoms with Crippen LogP contribution in [0.1, 0.15) is 13.8 Å². The summed E-state index contributed by atoms with van der Waals surface area (Å²) in [5, 5.41) is 1.43. The van der Waals surface area contributed by atoms with Gasteiger partial charge in [0, 0.05) is 8.95 Å². The standard InChI is InChI=1S/C11H10BrClN2O.C8H3BrCl2N2/c1-6(2)16-9-5-14-8-4-3-7(12)10(13)11(8)15-9;9-4-1-2-5-8(7(4)11)13-6(10)3-12-5/h3-6H,1-2H3;1-3H. The number of fused-ring (bicyclic) bond motifs is 2. The molecule has 0 bridgehead atoms. The molecule has 29 heavy (non-hydrogen) atoms. The monoisotopic (exact) mass is 576 g/mol. The largest absolute Gasteiger partial charge is 0.474 e. The zero-order valence-corrected chi connectivity index (χ0v) is 20.6. The molecule has 0 aliphatic heterocycles. The molecule has 2 aromatic heterocycles. The van der Waals surface area contributed by atoms with E-state index >= 15 is 0 Å². The smallest absolute Gasteiger partial charge is 0.233 e. The van der Waals surface area contributed by atoms with E-state index in [4.69, 9.17) is 39.5 Å². The molecule has 2 aromatic carbocycles. The van der Waals surface area contributed by atoms with Crippen LogP contribution < -0.4 is 4.74 Å². The number of hydrogen-bond acceptors (Lipinski definition) is 5. The summed E-state index contributed by atoms with van der Waals surface area (Å²) in [4.78, 5) is 16.7. The molecule has 10 heteroatoms. The Hall–Kier alpha value is -1.25. The lowest BCUT2D eigenvalue weighted by molar-refractivity contribution is 0.232. The fourth-order valence-electron chi connectivity index (χ4n) is 2.30. The van der Waals surface area contributed by atoms with Gasteiger partial charge < -0.3 is 4.74 Å². The number of halogens is 5. The van der Waals surface area contributed by atoms with Crippen molar-refractivity contribution in [1.82, 2.24) is 19.9 Å². The first-order valence-corrected chi connectivity index (χ1v) is 11.0. The van der Waals surface area contributed by atoms with Crippen molar-refractivity contribution in [2.45, 2.75) is 20.0 Å². The van der Waals surface area contributed by atoms with Gasteiger partial charge in [-0.3, -0.25) is 4.98 Å². The van der Waals surface area contributed by atoms with E-state index in [2.05, 4.69) is 51.8 Å². The van der Waals surface area contributed by atoms with Crippen molar-refractivity contribution in [2.75, 3.05) is 0 Å². The summed E-state index contributed by atoms with van der Waals surface area (Å²) in [6.07, 6.45) is 3.17. The third kappa shape index (κ3) is 5.47. The molecule has 0 radical (unpaired) electrons. The lowest BCUT2D eigenvalue weighted by atomic mass is 10.3. The average molecular weight is 580 g/mol. The minimum Gasteiger partial charge on any atom is -0.474 e. The van der Waals surface area contributed by atoms with Crippen LogP contribution in [0.25, 0.3) is 22.1 Å². The highest BCUT2D eigenvalue weighted by Gasteiger charge is 2.08. The number of rotatable bonds is 2. The molecule has 0 atom stereocenters. The SMILES string of the molecule is CC(C)Oc1cnc2ccc(Br)c(Cl)c2n1.Clc1cnc2ccc(Br)c(Cl)c2n1. The van der Waals surface area contributed by atoms with Gasteiger partial charge in [0.2, 0.25) is 5.88 Å². The number of benzene rings is 2. The lowest BCUT2D eigenvalue weighted by Crippen LogP contribution is -2.07. The summed E-state index contributed by atoms with van der Waals surface area (Å²) in [6.45, 7) is 3.88. The van der Waals surface area contributed by atoms with Crippen molar-refractivity contribution in [2.24, 2.45) is 0 Å². The van der Waals surface area contributed by atoms with E-state index < -0.39 is 0 Å². The minimum absolute atomic E-state index is 0.0673. The lowest BCUT2D eigenvalue weighted by Gasteiger charge is -2.09. The first-order valence-electron chi connectivity index (χ1n) is 8.30. The van der Waals surface area contributed by atoms with Gasteiger partial charge in [0.15, 0.2) is 0 Å². The van der Waals surface area contributed by atoms with E-state index in [1.165, 1.54) is 6.20 Å². The summed E-state index contributed by atoms with van der Waals surface area (Å²) in [6, 6.07) is 7.36. The summed E-state index contributed by atoms with van der Waals surface area (Å²) < 4.78 is 7.06. The van der Waals surface area contributed by atoms with E-state index in [0.29, 0.717) is 32.1 Å². The van der Waals surface area contributed by atoms with E-state index in [1.54, 1.807) is 6.20 Å². The number of aromatic nitrogens is 4. The van der Waals surface area contributed by atoms with Crippen LogP contribution in [-0.4, -0.2) is 26.0 Å². The normalized spacial score (nSPS) is 10.9. The van der Waals surface area contributed by atoms with Crippen LogP contribution in [-0.2, 0) is 0 Å². The molecule has 0 aliphatic rings. The summed E-state index contributed by atoms with van der Waals surface area (Å²) >= 11 is 24.5. The molecule has 0 spiro atoms. The molecule has 0 saturated heterocycles. The van der Waals surface area contributed by atoms with Gasteiger partial charge in [-0.2, -0.15) is 0 Å². The Labute approximate surface area is 199 Å². The van der Waals surface area contributed by atoms with Gasteiger partial charge in [-0.25, -0.2) is 15.0 Å². The first kappa shape index (κ1) is 22.4. The van der Waals surface area contributed by atoms with Crippen molar-refractivity contribution in [3.05, 3.63) is 60.8 Å². The Balaban J connectivity index is 0.000000169. The highest BCUT2D eigenvalue weighted by atomic mass is 79.9. The molecule has 4 rings (SSSR count). The predicted molar refractivity (Wildman–Crippen MR) is 125 cm³/mol. The molecule has 0 fully saturated rings. The van der Waals surface area contributed by atoms with Gasteiger partial charge in [0.25, 0.3) is 0 Å². The number of hydrogen-bond donors (Lipinski definition) is 0. The van der Waals surface area contributed by atoms with E-state index in [9.17, 15) is 0 Å². The molecule has 150 valence electrons. The topological polar surface area (TPSA) is 60.8 Å². The van der Waals surface area contributed by atoms with Crippen LogP contribution in [0.4, 0.5) is 0 Å². The zero-order valence-electron chi connectivity index (χ0n) is 15.1. The second-order valence-corrected chi connectivity index (χ2v) is 8.88. The van der Waals surface area contributed by atoms with Crippen LogP contribution in [0.5, 0.6) is 5.88 Å². The third-order valence-electron chi connectivity index (χ3n) is 3.52. The predicted octanol–water partition coefficient (Wildman–Crippen LogP) is 7.53. The molecule has 0 aliphatic carbocycles. The number of nitrogens with zero attached hydrogens (tertiary/aromatic N) is 4. The summed E-state index contributed by atoms with van der Waals surface area (Å²) in [5.41, 5.74) is 2.75.